The van der Waals surface area contributed by atoms with E-state index in [1.165, 1.54) is 0 Å². The van der Waals surface area contributed by atoms with Gasteiger partial charge in [0.05, 0.1) is 11.0 Å². The van der Waals surface area contributed by atoms with Crippen LogP contribution in [0.3, 0.4) is 0 Å². The molecule has 2 amide bonds. The number of alkyl carbamates (subject to hydrolysis) is 1. The normalized spacial score (nSPS) is 16.8. The average Bonchev–Trinajstić information content (AvgIpc) is 3.41. The van der Waals surface area contributed by atoms with Crippen molar-refractivity contribution < 1.29 is 24.2 Å². The molecule has 0 unspecified atom stereocenters. The molecule has 0 saturated heterocycles. The van der Waals surface area contributed by atoms with Gasteiger partial charge in [-0.15, -0.1) is 0 Å². The highest BCUT2D eigenvalue weighted by Crippen LogP contribution is 2.44. The Morgan fingerprint density at radius 3 is 1.97 bits per heavy atom. The molecule has 0 heterocycles. The molecular formula is C28H34N2O5. The SMILES string of the molecule is CC(C)(NC(=O)C1(NC(=O)OCC2c3ccccc3-c3ccccc32)CCCC1)C(C)(C)C(=O)O. The lowest BCUT2D eigenvalue weighted by Gasteiger charge is -2.41. The molecule has 7 nitrogen and oxygen atoms in total. The number of benzene rings is 2. The Morgan fingerprint density at radius 2 is 1.46 bits per heavy atom. The topological polar surface area (TPSA) is 105 Å². The van der Waals surface area contributed by atoms with Crippen molar-refractivity contribution in [2.24, 2.45) is 5.41 Å². The van der Waals surface area contributed by atoms with E-state index in [2.05, 4.69) is 34.9 Å². The highest BCUT2D eigenvalue weighted by Gasteiger charge is 2.49. The van der Waals surface area contributed by atoms with E-state index in [1.54, 1.807) is 27.7 Å². The molecule has 1 saturated carbocycles. The van der Waals surface area contributed by atoms with Crippen LogP contribution in [-0.2, 0) is 14.3 Å². The minimum Gasteiger partial charge on any atom is -0.481 e. The number of carboxylic acids is 1. The maximum Gasteiger partial charge on any atom is 0.408 e. The Labute approximate surface area is 206 Å². The van der Waals surface area contributed by atoms with Crippen LogP contribution in [0, 0.1) is 5.41 Å². The van der Waals surface area contributed by atoms with Crippen molar-refractivity contribution in [1.82, 2.24) is 10.6 Å². The molecule has 0 spiro atoms. The van der Waals surface area contributed by atoms with E-state index in [4.69, 9.17) is 4.74 Å². The standard InChI is InChI=1S/C28H34N2O5/c1-26(2,24(32)33)27(3,4)29-23(31)28(15-9-10-16-28)30-25(34)35-17-22-20-13-7-5-11-18(20)19-12-6-8-14-21(19)22/h5-8,11-14,22H,9-10,15-17H2,1-4H3,(H,29,31)(H,30,34)(H,32,33). The van der Waals surface area contributed by atoms with Crippen LogP contribution in [0.1, 0.15) is 70.4 Å². The van der Waals surface area contributed by atoms with E-state index in [9.17, 15) is 19.5 Å². The van der Waals surface area contributed by atoms with Crippen LogP contribution in [0.4, 0.5) is 4.79 Å². The lowest BCUT2D eigenvalue weighted by atomic mass is 9.74. The first-order valence-corrected chi connectivity index (χ1v) is 12.2. The van der Waals surface area contributed by atoms with E-state index in [-0.39, 0.29) is 18.4 Å². The van der Waals surface area contributed by atoms with Gasteiger partial charge >= 0.3 is 12.1 Å². The number of carboxylic acid groups (broad SMARTS) is 1. The fraction of sp³-hybridized carbons (Fsp3) is 0.464. The van der Waals surface area contributed by atoms with Gasteiger partial charge in [-0.3, -0.25) is 9.59 Å². The summed E-state index contributed by atoms with van der Waals surface area (Å²) in [6.45, 7) is 6.70. The van der Waals surface area contributed by atoms with E-state index in [1.807, 2.05) is 24.3 Å². The van der Waals surface area contributed by atoms with Crippen LogP contribution in [0.25, 0.3) is 11.1 Å². The summed E-state index contributed by atoms with van der Waals surface area (Å²) in [5.41, 5.74) is 1.17. The molecule has 35 heavy (non-hydrogen) atoms. The summed E-state index contributed by atoms with van der Waals surface area (Å²) >= 11 is 0. The number of ether oxygens (including phenoxy) is 1. The van der Waals surface area contributed by atoms with Crippen molar-refractivity contribution in [3.63, 3.8) is 0 Å². The molecule has 2 aromatic carbocycles. The maximum absolute atomic E-state index is 13.4. The zero-order chi connectivity index (χ0) is 25.4. The molecule has 0 atom stereocenters. The molecule has 2 aliphatic rings. The fourth-order valence-corrected chi connectivity index (χ4v) is 5.04. The van der Waals surface area contributed by atoms with Gasteiger partial charge in [0.2, 0.25) is 5.91 Å². The molecule has 0 aromatic heterocycles. The number of nitrogens with one attached hydrogen (secondary N) is 2. The molecule has 4 rings (SSSR count). The van der Waals surface area contributed by atoms with E-state index in [0.29, 0.717) is 12.8 Å². The smallest absolute Gasteiger partial charge is 0.408 e. The van der Waals surface area contributed by atoms with Crippen LogP contribution in [-0.4, -0.2) is 40.8 Å². The van der Waals surface area contributed by atoms with Gasteiger partial charge in [-0.2, -0.15) is 0 Å². The van der Waals surface area contributed by atoms with Crippen molar-refractivity contribution in [3.8, 4) is 11.1 Å². The summed E-state index contributed by atoms with van der Waals surface area (Å²) in [6.07, 6.45) is 1.90. The van der Waals surface area contributed by atoms with E-state index < -0.39 is 28.6 Å². The van der Waals surface area contributed by atoms with Crippen molar-refractivity contribution >= 4 is 18.0 Å². The Bertz CT molecular complexity index is 1100. The lowest BCUT2D eigenvalue weighted by Crippen LogP contribution is -2.65. The third-order valence-corrected chi connectivity index (χ3v) is 8.10. The molecule has 2 aromatic rings. The Kier molecular flexibility index (Phi) is 6.38. The second kappa shape index (κ2) is 9.02. The molecular weight excluding hydrogens is 444 g/mol. The first-order chi connectivity index (χ1) is 16.5. The van der Waals surface area contributed by atoms with Gasteiger partial charge in [-0.1, -0.05) is 61.4 Å². The third-order valence-electron chi connectivity index (χ3n) is 8.10. The summed E-state index contributed by atoms with van der Waals surface area (Å²) in [5.74, 6) is -1.45. The average molecular weight is 479 g/mol. The second-order valence-corrected chi connectivity index (χ2v) is 10.7. The molecule has 0 bridgehead atoms. The predicted octanol–water partition coefficient (Wildman–Crippen LogP) is 4.84. The van der Waals surface area contributed by atoms with Crippen molar-refractivity contribution in [2.75, 3.05) is 6.61 Å². The lowest BCUT2D eigenvalue weighted by molar-refractivity contribution is -0.152. The summed E-state index contributed by atoms with van der Waals surface area (Å²) in [5, 5.41) is 15.4. The number of carbonyl (C=O) groups is 3. The van der Waals surface area contributed by atoms with Crippen molar-refractivity contribution in [3.05, 3.63) is 59.7 Å². The first kappa shape index (κ1) is 24.8. The minimum absolute atomic E-state index is 0.0724. The summed E-state index contributed by atoms with van der Waals surface area (Å²) < 4.78 is 5.69. The van der Waals surface area contributed by atoms with Gasteiger partial charge in [0.25, 0.3) is 0 Å². The van der Waals surface area contributed by atoms with Gasteiger partial charge < -0.3 is 20.5 Å². The van der Waals surface area contributed by atoms with Crippen LogP contribution in [0.5, 0.6) is 0 Å². The first-order valence-electron chi connectivity index (χ1n) is 12.2. The van der Waals surface area contributed by atoms with Crippen LogP contribution < -0.4 is 10.6 Å². The predicted molar refractivity (Wildman–Crippen MR) is 133 cm³/mol. The molecule has 2 aliphatic carbocycles. The Morgan fingerprint density at radius 1 is 0.943 bits per heavy atom. The summed E-state index contributed by atoms with van der Waals surface area (Å²) in [4.78, 5) is 38.1. The summed E-state index contributed by atoms with van der Waals surface area (Å²) in [6, 6.07) is 16.2. The van der Waals surface area contributed by atoms with E-state index in [0.717, 1.165) is 35.1 Å². The highest BCUT2D eigenvalue weighted by atomic mass is 16.5. The zero-order valence-electron chi connectivity index (χ0n) is 20.8. The quantitative estimate of drug-likeness (QED) is 0.528. The van der Waals surface area contributed by atoms with Crippen LogP contribution in [0.15, 0.2) is 48.5 Å². The molecule has 1 fully saturated rings. The van der Waals surface area contributed by atoms with Crippen LogP contribution >= 0.6 is 0 Å². The third kappa shape index (κ3) is 4.40. The highest BCUT2D eigenvalue weighted by molar-refractivity contribution is 5.91. The largest absolute Gasteiger partial charge is 0.481 e. The molecule has 7 heteroatoms. The fourth-order valence-electron chi connectivity index (χ4n) is 5.04. The van der Waals surface area contributed by atoms with Crippen molar-refractivity contribution in [2.45, 2.75) is 70.4 Å². The molecule has 3 N–H and O–H groups in total. The Balaban J connectivity index is 1.47. The van der Waals surface area contributed by atoms with Gasteiger partial charge in [-0.05, 0) is 62.8 Å². The minimum atomic E-state index is -1.20. The number of amides is 2. The van der Waals surface area contributed by atoms with Gasteiger partial charge in [-0.25, -0.2) is 4.79 Å². The monoisotopic (exact) mass is 478 g/mol. The zero-order valence-corrected chi connectivity index (χ0v) is 20.8. The van der Waals surface area contributed by atoms with Crippen molar-refractivity contribution in [1.29, 1.82) is 0 Å². The summed E-state index contributed by atoms with van der Waals surface area (Å²) in [7, 11) is 0. The molecule has 186 valence electrons. The number of aliphatic carboxylic acids is 1. The van der Waals surface area contributed by atoms with Gasteiger partial charge in [0, 0.05) is 5.92 Å². The van der Waals surface area contributed by atoms with Gasteiger partial charge in [0.15, 0.2) is 0 Å². The molecule has 0 radical (unpaired) electrons. The van der Waals surface area contributed by atoms with E-state index >= 15 is 0 Å². The number of hydrogen-bond acceptors (Lipinski definition) is 4. The number of carbonyl (C=O) groups excluding carboxylic acids is 2. The number of rotatable bonds is 7. The number of fused-ring (bicyclic) bond motifs is 3. The maximum atomic E-state index is 13.4. The van der Waals surface area contributed by atoms with Crippen LogP contribution in [0.2, 0.25) is 0 Å². The van der Waals surface area contributed by atoms with Gasteiger partial charge in [0.1, 0.15) is 12.1 Å². The molecule has 0 aliphatic heterocycles. The number of hydrogen-bond donors (Lipinski definition) is 3. The Hall–Kier alpha value is -3.35. The second-order valence-electron chi connectivity index (χ2n) is 10.7.